The average molecular weight is 444 g/mol. The number of methoxy groups -OCH3 is 1. The zero-order valence-electron chi connectivity index (χ0n) is 17.1. The number of hydrogen-bond acceptors (Lipinski definition) is 6. The third-order valence-electron chi connectivity index (χ3n) is 5.01. The molecule has 4 rings (SSSR count). The van der Waals surface area contributed by atoms with E-state index in [2.05, 4.69) is 20.4 Å². The minimum absolute atomic E-state index is 0.0616. The molecule has 8 nitrogen and oxygen atoms in total. The van der Waals surface area contributed by atoms with E-state index in [0.717, 1.165) is 6.07 Å². The number of primary amides is 1. The second-order valence-electron chi connectivity index (χ2n) is 7.04. The third kappa shape index (κ3) is 3.77. The van der Waals surface area contributed by atoms with Crippen LogP contribution in [-0.4, -0.2) is 38.6 Å². The largest absolute Gasteiger partial charge is 0.497 e. The first-order valence-electron chi connectivity index (χ1n) is 9.70. The van der Waals surface area contributed by atoms with Gasteiger partial charge in [-0.3, -0.25) is 4.79 Å². The minimum Gasteiger partial charge on any atom is -0.497 e. The molecule has 1 atom stereocenters. The van der Waals surface area contributed by atoms with Gasteiger partial charge in [-0.1, -0.05) is 19.1 Å². The van der Waals surface area contributed by atoms with E-state index in [0.29, 0.717) is 17.3 Å². The number of nitrogens with zero attached hydrogens (tertiary/aromatic N) is 4. The quantitative estimate of drug-likeness (QED) is 0.470. The molecule has 11 heteroatoms. The van der Waals surface area contributed by atoms with Gasteiger partial charge in [0.1, 0.15) is 11.8 Å². The van der Waals surface area contributed by atoms with Gasteiger partial charge >= 0.3 is 6.18 Å². The number of nitrogens with two attached hydrogens (primary N) is 1. The summed E-state index contributed by atoms with van der Waals surface area (Å²) in [6.07, 6.45) is -4.27. The molecular weight excluding hydrogens is 425 g/mol. The summed E-state index contributed by atoms with van der Waals surface area (Å²) >= 11 is 0. The first-order valence-corrected chi connectivity index (χ1v) is 9.70. The number of halogens is 3. The molecule has 1 amide bonds. The summed E-state index contributed by atoms with van der Waals surface area (Å²) in [4.78, 5) is 20.6. The van der Waals surface area contributed by atoms with Gasteiger partial charge in [0.25, 0.3) is 0 Å². The van der Waals surface area contributed by atoms with Crippen LogP contribution in [0, 0.1) is 0 Å². The van der Waals surface area contributed by atoms with E-state index in [9.17, 15) is 18.0 Å². The Morgan fingerprint density at radius 3 is 2.62 bits per heavy atom. The second-order valence-corrected chi connectivity index (χ2v) is 7.04. The molecule has 0 saturated carbocycles. The fourth-order valence-corrected chi connectivity index (χ4v) is 3.37. The maximum absolute atomic E-state index is 13.8. The number of amides is 1. The van der Waals surface area contributed by atoms with Crippen molar-refractivity contribution in [2.75, 3.05) is 12.4 Å². The third-order valence-corrected chi connectivity index (χ3v) is 5.01. The van der Waals surface area contributed by atoms with Gasteiger partial charge in [-0.2, -0.15) is 17.7 Å². The van der Waals surface area contributed by atoms with E-state index in [1.54, 1.807) is 31.2 Å². The number of ether oxygens (including phenoxy) is 1. The van der Waals surface area contributed by atoms with Crippen molar-refractivity contribution < 1.29 is 22.7 Å². The van der Waals surface area contributed by atoms with Crippen LogP contribution in [0.1, 0.15) is 18.9 Å². The summed E-state index contributed by atoms with van der Waals surface area (Å²) in [6.45, 7) is 1.76. The van der Waals surface area contributed by atoms with Crippen molar-refractivity contribution >= 4 is 28.4 Å². The molecule has 4 aromatic rings. The number of aromatic nitrogens is 4. The van der Waals surface area contributed by atoms with Crippen molar-refractivity contribution in [3.05, 3.63) is 48.0 Å². The summed E-state index contributed by atoms with van der Waals surface area (Å²) in [7, 11) is 1.29. The Kier molecular flexibility index (Phi) is 5.33. The molecule has 0 unspecified atom stereocenters. The monoisotopic (exact) mass is 444 g/mol. The fraction of sp³-hybridized carbons (Fsp3) is 0.238. The van der Waals surface area contributed by atoms with E-state index >= 15 is 0 Å². The van der Waals surface area contributed by atoms with Crippen LogP contribution in [-0.2, 0) is 11.0 Å². The lowest BCUT2D eigenvalue weighted by Gasteiger charge is -2.15. The van der Waals surface area contributed by atoms with E-state index in [4.69, 9.17) is 10.5 Å². The van der Waals surface area contributed by atoms with Crippen LogP contribution in [0.3, 0.4) is 0 Å². The number of rotatable bonds is 6. The normalized spacial score (nSPS) is 12.8. The highest BCUT2D eigenvalue weighted by molar-refractivity contribution is 5.93. The molecule has 32 heavy (non-hydrogen) atoms. The van der Waals surface area contributed by atoms with Gasteiger partial charge in [0.15, 0.2) is 11.5 Å². The lowest BCUT2D eigenvalue weighted by Crippen LogP contribution is -2.35. The Balaban J connectivity index is 1.97. The molecule has 2 heterocycles. The molecular formula is C21H19F3N6O2. The number of carbonyl (C=O) groups excluding carboxylic acids is 1. The topological polar surface area (TPSA) is 107 Å². The van der Waals surface area contributed by atoms with E-state index in [1.807, 2.05) is 0 Å². The van der Waals surface area contributed by atoms with Gasteiger partial charge in [-0.05, 0) is 36.8 Å². The summed E-state index contributed by atoms with van der Waals surface area (Å²) in [5.41, 5.74) is 5.12. The van der Waals surface area contributed by atoms with Gasteiger partial charge in [-0.15, -0.1) is 5.10 Å². The number of carbonyl (C=O) groups is 1. The van der Waals surface area contributed by atoms with Gasteiger partial charge in [0.2, 0.25) is 11.9 Å². The predicted octanol–water partition coefficient (Wildman–Crippen LogP) is 3.65. The van der Waals surface area contributed by atoms with Crippen molar-refractivity contribution in [3.63, 3.8) is 0 Å². The molecule has 0 aliphatic heterocycles. The van der Waals surface area contributed by atoms with Crippen LogP contribution >= 0.6 is 0 Å². The molecule has 0 fully saturated rings. The first kappa shape index (κ1) is 21.3. The number of nitrogens with one attached hydrogen (secondary N) is 1. The van der Waals surface area contributed by atoms with Crippen LogP contribution in [0.4, 0.5) is 19.1 Å². The summed E-state index contributed by atoms with van der Waals surface area (Å²) in [5.74, 6) is -0.532. The first-order chi connectivity index (χ1) is 15.2. The SMILES string of the molecule is CC[C@H](Nc1nc2ccccc2c2nc(-c3ccc(OC)cc3C(F)(F)F)nn12)C(N)=O. The molecule has 2 aromatic heterocycles. The second kappa shape index (κ2) is 7.98. The lowest BCUT2D eigenvalue weighted by molar-refractivity contribution is -0.137. The molecule has 0 saturated heterocycles. The Hall–Kier alpha value is -3.89. The number of para-hydroxylation sites is 1. The van der Waals surface area contributed by atoms with Crippen LogP contribution in [0.25, 0.3) is 27.9 Å². The van der Waals surface area contributed by atoms with E-state index in [-0.39, 0.29) is 28.7 Å². The fourth-order valence-electron chi connectivity index (χ4n) is 3.37. The summed E-state index contributed by atoms with van der Waals surface area (Å²) < 4.78 is 47.5. The van der Waals surface area contributed by atoms with Crippen LogP contribution in [0.5, 0.6) is 5.75 Å². The molecule has 0 spiro atoms. The maximum Gasteiger partial charge on any atom is 0.417 e. The Bertz CT molecular complexity index is 1320. The van der Waals surface area contributed by atoms with Gasteiger partial charge in [0, 0.05) is 10.9 Å². The summed E-state index contributed by atoms with van der Waals surface area (Å²) in [5, 5.41) is 7.81. The highest BCUT2D eigenvalue weighted by atomic mass is 19.4. The molecule has 2 aromatic carbocycles. The van der Waals surface area contributed by atoms with Crippen molar-refractivity contribution in [2.45, 2.75) is 25.6 Å². The Morgan fingerprint density at radius 1 is 1.22 bits per heavy atom. The number of anilines is 1. The molecule has 3 N–H and O–H groups in total. The van der Waals surface area contributed by atoms with Crippen molar-refractivity contribution in [3.8, 4) is 17.1 Å². The Morgan fingerprint density at radius 2 is 1.97 bits per heavy atom. The van der Waals surface area contributed by atoms with Crippen LogP contribution < -0.4 is 15.8 Å². The molecule has 0 aliphatic carbocycles. The van der Waals surface area contributed by atoms with Gasteiger partial charge < -0.3 is 15.8 Å². The molecule has 0 aliphatic rings. The van der Waals surface area contributed by atoms with Crippen molar-refractivity contribution in [2.24, 2.45) is 5.73 Å². The Labute approximate surface area is 180 Å². The molecule has 0 radical (unpaired) electrons. The maximum atomic E-state index is 13.8. The van der Waals surface area contributed by atoms with Crippen LogP contribution in [0.2, 0.25) is 0 Å². The summed E-state index contributed by atoms with van der Waals surface area (Å²) in [6, 6.07) is 9.83. The molecule has 166 valence electrons. The molecule has 0 bridgehead atoms. The number of fused-ring (bicyclic) bond motifs is 3. The van der Waals surface area contributed by atoms with E-state index in [1.165, 1.54) is 23.8 Å². The highest BCUT2D eigenvalue weighted by Gasteiger charge is 2.35. The number of hydrogen-bond donors (Lipinski definition) is 2. The zero-order chi connectivity index (χ0) is 23.0. The van der Waals surface area contributed by atoms with Crippen molar-refractivity contribution in [1.29, 1.82) is 0 Å². The zero-order valence-corrected chi connectivity index (χ0v) is 17.1. The van der Waals surface area contributed by atoms with Crippen molar-refractivity contribution in [1.82, 2.24) is 19.6 Å². The van der Waals surface area contributed by atoms with Gasteiger partial charge in [-0.25, -0.2) is 9.97 Å². The van der Waals surface area contributed by atoms with Gasteiger partial charge in [0.05, 0.1) is 18.2 Å². The number of alkyl halides is 3. The minimum atomic E-state index is -4.65. The van der Waals surface area contributed by atoms with E-state index < -0.39 is 23.7 Å². The average Bonchev–Trinajstić information content (AvgIpc) is 3.22. The van der Waals surface area contributed by atoms with Crippen LogP contribution in [0.15, 0.2) is 42.5 Å². The number of benzene rings is 2. The highest BCUT2D eigenvalue weighted by Crippen LogP contribution is 2.38. The lowest BCUT2D eigenvalue weighted by atomic mass is 10.1. The predicted molar refractivity (Wildman–Crippen MR) is 112 cm³/mol. The standard InChI is InChI=1S/C21H19F3N6O2/c1-3-15(17(25)31)26-20-27-16-7-5-4-6-13(16)19-28-18(29-30(19)20)12-9-8-11(32-2)10-14(12)21(22,23)24/h4-10,15H,3H2,1-2H3,(H2,25,31)(H,26,27)/t15-/m0/s1. The smallest absolute Gasteiger partial charge is 0.417 e.